The zero-order chi connectivity index (χ0) is 23.6. The Balaban J connectivity index is 0.000000968. The van der Waals surface area contributed by atoms with Crippen LogP contribution in [0.2, 0.25) is 0 Å². The maximum Gasteiger partial charge on any atom is 0.290 e. The Hall–Kier alpha value is -3.98. The molecular formula is C24H26N4O5. The molecule has 1 aromatic heterocycles. The second kappa shape index (κ2) is 11.6. The lowest BCUT2D eigenvalue weighted by Gasteiger charge is -2.26. The number of nitrogens with zero attached hydrogens (tertiary/aromatic N) is 3. The normalized spacial score (nSPS) is 12.9. The predicted octanol–water partition coefficient (Wildman–Crippen LogP) is 2.67. The van der Waals surface area contributed by atoms with E-state index in [9.17, 15) is 9.59 Å². The summed E-state index contributed by atoms with van der Waals surface area (Å²) in [5.74, 6) is 0.665. The predicted molar refractivity (Wildman–Crippen MR) is 122 cm³/mol. The van der Waals surface area contributed by atoms with E-state index in [4.69, 9.17) is 14.6 Å². The maximum absolute atomic E-state index is 12.8. The fourth-order valence-electron chi connectivity index (χ4n) is 3.44. The number of carbonyl (C=O) groups excluding carboxylic acids is 2. The number of amides is 2. The van der Waals surface area contributed by atoms with Crippen molar-refractivity contribution >= 4 is 24.0 Å². The van der Waals surface area contributed by atoms with Gasteiger partial charge in [-0.25, -0.2) is 4.98 Å². The van der Waals surface area contributed by atoms with Crippen LogP contribution in [0.1, 0.15) is 32.1 Å². The summed E-state index contributed by atoms with van der Waals surface area (Å²) < 4.78 is 7.31. The molecule has 2 aromatic carbocycles. The van der Waals surface area contributed by atoms with E-state index in [0.717, 1.165) is 17.1 Å². The summed E-state index contributed by atoms with van der Waals surface area (Å²) in [4.78, 5) is 39.7. The SMILES string of the molecule is Cc1nccn1Cc1ccccc1NC(=O)c1ccc(C(=O)N2CCOCC2)cc1.O=CO. The van der Waals surface area contributed by atoms with Crippen molar-refractivity contribution in [2.75, 3.05) is 31.6 Å². The Bertz CT molecular complexity index is 1090. The van der Waals surface area contributed by atoms with Crippen LogP contribution in [0.4, 0.5) is 5.69 Å². The Labute approximate surface area is 191 Å². The molecule has 0 aliphatic carbocycles. The van der Waals surface area contributed by atoms with Crippen molar-refractivity contribution in [1.82, 2.24) is 14.5 Å². The molecule has 0 atom stereocenters. The van der Waals surface area contributed by atoms with E-state index in [0.29, 0.717) is 44.0 Å². The average molecular weight is 450 g/mol. The molecule has 1 fully saturated rings. The summed E-state index contributed by atoms with van der Waals surface area (Å²) in [5.41, 5.74) is 2.82. The van der Waals surface area contributed by atoms with Gasteiger partial charge in [0, 0.05) is 42.3 Å². The Morgan fingerprint density at radius 3 is 2.36 bits per heavy atom. The van der Waals surface area contributed by atoms with Crippen LogP contribution >= 0.6 is 0 Å². The molecule has 2 heterocycles. The second-order valence-corrected chi connectivity index (χ2v) is 7.30. The van der Waals surface area contributed by atoms with Crippen molar-refractivity contribution < 1.29 is 24.2 Å². The number of imidazole rings is 1. The molecule has 1 aliphatic rings. The molecule has 0 spiro atoms. The van der Waals surface area contributed by atoms with Crippen molar-refractivity contribution in [3.05, 3.63) is 83.4 Å². The number of nitrogens with one attached hydrogen (secondary N) is 1. The third-order valence-corrected chi connectivity index (χ3v) is 5.22. The molecule has 0 radical (unpaired) electrons. The first-order chi connectivity index (χ1) is 16.0. The highest BCUT2D eigenvalue weighted by Crippen LogP contribution is 2.19. The summed E-state index contributed by atoms with van der Waals surface area (Å²) in [6, 6.07) is 14.5. The largest absolute Gasteiger partial charge is 0.483 e. The number of aryl methyl sites for hydroxylation is 1. The van der Waals surface area contributed by atoms with Gasteiger partial charge in [0.1, 0.15) is 5.82 Å². The molecule has 33 heavy (non-hydrogen) atoms. The number of hydrogen-bond acceptors (Lipinski definition) is 5. The molecule has 9 heteroatoms. The number of ether oxygens (including phenoxy) is 1. The van der Waals surface area contributed by atoms with Crippen LogP contribution in [-0.4, -0.2) is 64.1 Å². The van der Waals surface area contributed by atoms with Gasteiger partial charge in [0.25, 0.3) is 18.3 Å². The number of morpholine rings is 1. The first-order valence-electron chi connectivity index (χ1n) is 10.5. The summed E-state index contributed by atoms with van der Waals surface area (Å²) >= 11 is 0. The lowest BCUT2D eigenvalue weighted by Crippen LogP contribution is -2.40. The van der Waals surface area contributed by atoms with Gasteiger partial charge in [0.2, 0.25) is 0 Å². The van der Waals surface area contributed by atoms with Crippen molar-refractivity contribution in [3.63, 3.8) is 0 Å². The topological polar surface area (TPSA) is 114 Å². The molecule has 2 N–H and O–H groups in total. The number of carboxylic acid groups (broad SMARTS) is 1. The molecule has 2 amide bonds. The molecule has 0 unspecified atom stereocenters. The first-order valence-corrected chi connectivity index (χ1v) is 10.5. The van der Waals surface area contributed by atoms with Crippen molar-refractivity contribution in [3.8, 4) is 0 Å². The zero-order valence-corrected chi connectivity index (χ0v) is 18.3. The van der Waals surface area contributed by atoms with Crippen LogP contribution in [0.5, 0.6) is 0 Å². The van der Waals surface area contributed by atoms with Crippen LogP contribution in [0.25, 0.3) is 0 Å². The van der Waals surface area contributed by atoms with Crippen LogP contribution in [0, 0.1) is 6.92 Å². The van der Waals surface area contributed by atoms with E-state index in [1.165, 1.54) is 0 Å². The molecular weight excluding hydrogens is 424 g/mol. The van der Waals surface area contributed by atoms with E-state index in [2.05, 4.69) is 10.3 Å². The smallest absolute Gasteiger partial charge is 0.290 e. The molecule has 1 saturated heterocycles. The quantitative estimate of drug-likeness (QED) is 0.578. The minimum atomic E-state index is -0.250. The van der Waals surface area contributed by atoms with Gasteiger partial charge in [0.05, 0.1) is 19.8 Å². The number of para-hydroxylation sites is 1. The third kappa shape index (κ3) is 6.27. The van der Waals surface area contributed by atoms with Crippen LogP contribution < -0.4 is 5.32 Å². The fourth-order valence-corrected chi connectivity index (χ4v) is 3.44. The molecule has 4 rings (SSSR count). The van der Waals surface area contributed by atoms with Crippen LogP contribution in [0.15, 0.2) is 60.9 Å². The van der Waals surface area contributed by atoms with Gasteiger partial charge >= 0.3 is 0 Å². The number of carbonyl (C=O) groups is 3. The van der Waals surface area contributed by atoms with Crippen LogP contribution in [0.3, 0.4) is 0 Å². The van der Waals surface area contributed by atoms with Gasteiger partial charge in [-0.1, -0.05) is 18.2 Å². The Morgan fingerprint density at radius 2 is 1.73 bits per heavy atom. The van der Waals surface area contributed by atoms with E-state index in [-0.39, 0.29) is 18.3 Å². The highest BCUT2D eigenvalue weighted by molar-refractivity contribution is 6.05. The van der Waals surface area contributed by atoms with E-state index < -0.39 is 0 Å². The lowest BCUT2D eigenvalue weighted by atomic mass is 10.1. The standard InChI is InChI=1S/C23H24N4O3.CH2O2/c1-17-24-10-11-27(17)16-20-4-2-3-5-21(20)25-22(28)18-6-8-19(9-7-18)23(29)26-12-14-30-15-13-26;2-1-3/h2-11H,12-16H2,1H3,(H,25,28);1H,(H,2,3). The van der Waals surface area contributed by atoms with Gasteiger partial charge in [-0.3, -0.25) is 14.4 Å². The van der Waals surface area contributed by atoms with Gasteiger partial charge in [-0.05, 0) is 42.8 Å². The minimum Gasteiger partial charge on any atom is -0.483 e. The Kier molecular flexibility index (Phi) is 8.31. The first kappa shape index (κ1) is 23.7. The molecule has 3 aromatic rings. The van der Waals surface area contributed by atoms with E-state index >= 15 is 0 Å². The summed E-state index contributed by atoms with van der Waals surface area (Å²) in [7, 11) is 0. The molecule has 0 bridgehead atoms. The van der Waals surface area contributed by atoms with E-state index in [1.807, 2.05) is 42.0 Å². The van der Waals surface area contributed by atoms with E-state index in [1.54, 1.807) is 35.4 Å². The van der Waals surface area contributed by atoms with Gasteiger partial charge < -0.3 is 24.6 Å². The third-order valence-electron chi connectivity index (χ3n) is 5.22. The number of rotatable bonds is 5. The Morgan fingerprint density at radius 1 is 1.09 bits per heavy atom. The molecule has 172 valence electrons. The van der Waals surface area contributed by atoms with Crippen molar-refractivity contribution in [2.24, 2.45) is 0 Å². The van der Waals surface area contributed by atoms with Gasteiger partial charge in [0.15, 0.2) is 0 Å². The zero-order valence-electron chi connectivity index (χ0n) is 18.3. The summed E-state index contributed by atoms with van der Waals surface area (Å²) in [6.07, 6.45) is 3.68. The highest BCUT2D eigenvalue weighted by atomic mass is 16.5. The molecule has 9 nitrogen and oxygen atoms in total. The lowest BCUT2D eigenvalue weighted by molar-refractivity contribution is -0.122. The monoisotopic (exact) mass is 450 g/mol. The maximum atomic E-state index is 12.8. The number of hydrogen-bond donors (Lipinski definition) is 2. The van der Waals surface area contributed by atoms with Gasteiger partial charge in [-0.15, -0.1) is 0 Å². The number of benzene rings is 2. The van der Waals surface area contributed by atoms with Gasteiger partial charge in [-0.2, -0.15) is 0 Å². The summed E-state index contributed by atoms with van der Waals surface area (Å²) in [5, 5.41) is 9.88. The number of aromatic nitrogens is 2. The second-order valence-electron chi connectivity index (χ2n) is 7.30. The van der Waals surface area contributed by atoms with Crippen molar-refractivity contribution in [1.29, 1.82) is 0 Å². The average Bonchev–Trinajstić information content (AvgIpc) is 3.25. The van der Waals surface area contributed by atoms with Crippen molar-refractivity contribution in [2.45, 2.75) is 13.5 Å². The fraction of sp³-hybridized carbons (Fsp3) is 0.250. The molecule has 0 saturated carbocycles. The minimum absolute atomic E-state index is 0.0358. The number of anilines is 1. The molecule has 1 aliphatic heterocycles. The van der Waals surface area contributed by atoms with Crippen LogP contribution in [-0.2, 0) is 16.1 Å². The highest BCUT2D eigenvalue weighted by Gasteiger charge is 2.19. The summed E-state index contributed by atoms with van der Waals surface area (Å²) in [6.45, 7) is 4.62.